The highest BCUT2D eigenvalue weighted by molar-refractivity contribution is 5.94. The molecule has 0 aliphatic heterocycles. The second kappa shape index (κ2) is 11.4. The van der Waals surface area contributed by atoms with Gasteiger partial charge < -0.3 is 5.32 Å². The summed E-state index contributed by atoms with van der Waals surface area (Å²) in [5.74, 6) is 0.412. The van der Waals surface area contributed by atoms with Crippen molar-refractivity contribution in [1.82, 2.24) is 15.1 Å². The minimum Gasteiger partial charge on any atom is -0.348 e. The molecule has 4 nitrogen and oxygen atoms in total. The van der Waals surface area contributed by atoms with Gasteiger partial charge in [-0.15, -0.1) is 0 Å². The number of fused-ring (bicyclic) bond motifs is 1. The Morgan fingerprint density at radius 1 is 1.14 bits per heavy atom. The number of hydrogen-bond acceptors (Lipinski definition) is 2. The lowest BCUT2D eigenvalue weighted by molar-refractivity contribution is 0.0944. The van der Waals surface area contributed by atoms with Crippen molar-refractivity contribution in [3.05, 3.63) is 75.2 Å². The fourth-order valence-electron chi connectivity index (χ4n) is 5.18. The quantitative estimate of drug-likeness (QED) is 0.314. The van der Waals surface area contributed by atoms with Crippen molar-refractivity contribution in [2.75, 3.05) is 0 Å². The SMILES string of the molecule is CC/C(C)=C\C(C)=C(/C)Cn1nc(C(=O)NC2CC2)c2c1C(CC1=CCC=C(C)C=C1)CCCC2. The number of carbonyl (C=O) groups excluding carboxylic acids is 1. The van der Waals surface area contributed by atoms with Crippen LogP contribution in [0.2, 0.25) is 0 Å². The summed E-state index contributed by atoms with van der Waals surface area (Å²) in [6.45, 7) is 11.7. The lowest BCUT2D eigenvalue weighted by atomic mass is 9.90. The van der Waals surface area contributed by atoms with Crippen molar-refractivity contribution in [2.45, 2.75) is 111 Å². The number of amides is 1. The summed E-state index contributed by atoms with van der Waals surface area (Å²) >= 11 is 0. The van der Waals surface area contributed by atoms with Gasteiger partial charge in [0.2, 0.25) is 0 Å². The van der Waals surface area contributed by atoms with E-state index >= 15 is 0 Å². The molecular formula is C31H43N3O. The Balaban J connectivity index is 1.71. The molecule has 1 heterocycles. The van der Waals surface area contributed by atoms with E-state index in [0.29, 0.717) is 17.7 Å². The number of aromatic nitrogens is 2. The van der Waals surface area contributed by atoms with Gasteiger partial charge in [0.1, 0.15) is 0 Å². The third-order valence-electron chi connectivity index (χ3n) is 7.78. The maximum Gasteiger partial charge on any atom is 0.272 e. The van der Waals surface area contributed by atoms with E-state index in [4.69, 9.17) is 5.10 Å². The van der Waals surface area contributed by atoms with E-state index in [9.17, 15) is 4.79 Å². The zero-order valence-electron chi connectivity index (χ0n) is 22.4. The average Bonchev–Trinajstić information content (AvgIpc) is 3.63. The van der Waals surface area contributed by atoms with Crippen molar-refractivity contribution < 1.29 is 4.79 Å². The summed E-state index contributed by atoms with van der Waals surface area (Å²) in [5, 5.41) is 8.22. The summed E-state index contributed by atoms with van der Waals surface area (Å²) in [6, 6.07) is 0.341. The fraction of sp³-hybridized carbons (Fsp3) is 0.548. The first kappa shape index (κ1) is 25.5. The van der Waals surface area contributed by atoms with E-state index in [-0.39, 0.29) is 5.91 Å². The van der Waals surface area contributed by atoms with Gasteiger partial charge >= 0.3 is 0 Å². The third-order valence-corrected chi connectivity index (χ3v) is 7.78. The third kappa shape index (κ3) is 6.54. The molecule has 0 spiro atoms. The second-order valence-corrected chi connectivity index (χ2v) is 10.9. The molecule has 1 fully saturated rings. The Hall–Kier alpha value is -2.62. The van der Waals surface area contributed by atoms with Gasteiger partial charge in [0, 0.05) is 23.2 Å². The van der Waals surface area contributed by atoms with Crippen molar-refractivity contribution in [1.29, 1.82) is 0 Å². The summed E-state index contributed by atoms with van der Waals surface area (Å²) in [7, 11) is 0. The second-order valence-electron chi connectivity index (χ2n) is 10.9. The van der Waals surface area contributed by atoms with Crippen LogP contribution in [0.4, 0.5) is 0 Å². The average molecular weight is 474 g/mol. The van der Waals surface area contributed by atoms with Crippen LogP contribution >= 0.6 is 0 Å². The minimum atomic E-state index is 0.0247. The lowest BCUT2D eigenvalue weighted by Gasteiger charge is -2.20. The van der Waals surface area contributed by atoms with Crippen LogP contribution < -0.4 is 5.32 Å². The summed E-state index contributed by atoms with van der Waals surface area (Å²) < 4.78 is 2.19. The van der Waals surface area contributed by atoms with E-state index in [1.165, 1.54) is 45.5 Å². The number of hydrogen-bond donors (Lipinski definition) is 1. The Labute approximate surface area is 212 Å². The Kier molecular flexibility index (Phi) is 8.30. The molecule has 35 heavy (non-hydrogen) atoms. The van der Waals surface area contributed by atoms with Crippen molar-refractivity contribution in [3.8, 4) is 0 Å². The van der Waals surface area contributed by atoms with Gasteiger partial charge in [0.05, 0.1) is 6.54 Å². The predicted octanol–water partition coefficient (Wildman–Crippen LogP) is 7.50. The zero-order chi connectivity index (χ0) is 24.9. The van der Waals surface area contributed by atoms with Crippen LogP contribution in [-0.2, 0) is 13.0 Å². The topological polar surface area (TPSA) is 46.9 Å². The minimum absolute atomic E-state index is 0.0247. The molecule has 3 aliphatic rings. The smallest absolute Gasteiger partial charge is 0.272 e. The molecule has 4 heteroatoms. The zero-order valence-corrected chi connectivity index (χ0v) is 22.4. The Morgan fingerprint density at radius 3 is 2.69 bits per heavy atom. The molecule has 1 aromatic rings. The van der Waals surface area contributed by atoms with Gasteiger partial charge in [-0.3, -0.25) is 9.48 Å². The number of allylic oxidation sites excluding steroid dienone is 10. The fourth-order valence-corrected chi connectivity index (χ4v) is 5.18. The standard InChI is InChI=1S/C31H43N3O/c1-6-21(2)18-23(4)24(5)20-34-30-26(19-25-11-9-10-22(3)14-15-25)12-7-8-13-28(30)29(33-34)31(35)32-27-16-17-27/h10-11,14-15,18,26-27H,6-9,12-13,16-17,19-20H2,1-5H3,(H,32,35)/b21-18-,24-23+. The molecule has 0 saturated heterocycles. The Morgan fingerprint density at radius 2 is 1.94 bits per heavy atom. The van der Waals surface area contributed by atoms with E-state index in [2.05, 4.69) is 75.0 Å². The molecule has 1 atom stereocenters. The lowest BCUT2D eigenvalue weighted by Crippen LogP contribution is -2.27. The van der Waals surface area contributed by atoms with Crippen LogP contribution in [0.3, 0.4) is 0 Å². The van der Waals surface area contributed by atoms with Gasteiger partial charge in [-0.1, -0.05) is 66.0 Å². The summed E-state index contributed by atoms with van der Waals surface area (Å²) in [4.78, 5) is 13.2. The van der Waals surface area contributed by atoms with Gasteiger partial charge in [0.25, 0.3) is 5.91 Å². The number of nitrogens with one attached hydrogen (secondary N) is 1. The van der Waals surface area contributed by atoms with E-state index in [1.54, 1.807) is 0 Å². The van der Waals surface area contributed by atoms with Crippen LogP contribution in [0.5, 0.6) is 0 Å². The van der Waals surface area contributed by atoms with E-state index in [0.717, 1.165) is 57.9 Å². The molecule has 1 N–H and O–H groups in total. The van der Waals surface area contributed by atoms with Crippen LogP contribution in [0.25, 0.3) is 0 Å². The molecule has 0 bridgehead atoms. The maximum absolute atomic E-state index is 13.2. The molecule has 1 aromatic heterocycles. The van der Waals surface area contributed by atoms with Gasteiger partial charge in [-0.2, -0.15) is 5.10 Å². The summed E-state index contributed by atoms with van der Waals surface area (Å²) in [5.41, 5.74) is 9.91. The van der Waals surface area contributed by atoms with Crippen LogP contribution in [0.15, 0.2) is 58.2 Å². The normalized spacial score (nSPS) is 21.4. The van der Waals surface area contributed by atoms with Crippen molar-refractivity contribution in [3.63, 3.8) is 0 Å². The maximum atomic E-state index is 13.2. The van der Waals surface area contributed by atoms with Gasteiger partial charge in [-0.25, -0.2) is 0 Å². The molecule has 1 saturated carbocycles. The molecule has 0 aromatic carbocycles. The highest BCUT2D eigenvalue weighted by atomic mass is 16.2. The van der Waals surface area contributed by atoms with Gasteiger partial charge in [-0.05, 0) is 84.6 Å². The highest BCUT2D eigenvalue weighted by Gasteiger charge is 2.32. The molecule has 188 valence electrons. The van der Waals surface area contributed by atoms with Crippen molar-refractivity contribution >= 4 is 5.91 Å². The number of nitrogens with zero attached hydrogens (tertiary/aromatic N) is 2. The molecule has 3 aliphatic carbocycles. The van der Waals surface area contributed by atoms with E-state index in [1.807, 2.05) is 0 Å². The number of rotatable bonds is 8. The van der Waals surface area contributed by atoms with Crippen LogP contribution in [-0.4, -0.2) is 21.7 Å². The number of carbonyl (C=O) groups is 1. The highest BCUT2D eigenvalue weighted by Crippen LogP contribution is 2.38. The first-order valence-corrected chi connectivity index (χ1v) is 13.6. The van der Waals surface area contributed by atoms with Gasteiger partial charge in [0.15, 0.2) is 5.69 Å². The summed E-state index contributed by atoms with van der Waals surface area (Å²) in [6.07, 6.45) is 21.2. The largest absolute Gasteiger partial charge is 0.348 e. The van der Waals surface area contributed by atoms with Crippen LogP contribution in [0.1, 0.15) is 114 Å². The van der Waals surface area contributed by atoms with E-state index < -0.39 is 0 Å². The molecule has 0 radical (unpaired) electrons. The molecular weight excluding hydrogens is 430 g/mol. The molecule has 1 amide bonds. The van der Waals surface area contributed by atoms with Crippen molar-refractivity contribution in [2.24, 2.45) is 0 Å². The first-order valence-electron chi connectivity index (χ1n) is 13.6. The van der Waals surface area contributed by atoms with Crippen LogP contribution in [0, 0.1) is 0 Å². The molecule has 4 rings (SSSR count). The monoisotopic (exact) mass is 473 g/mol. The first-order chi connectivity index (χ1) is 16.9. The predicted molar refractivity (Wildman–Crippen MR) is 146 cm³/mol. The Bertz CT molecular complexity index is 1100. The molecule has 1 unspecified atom stereocenters.